The Balaban J connectivity index is 1.80. The van der Waals surface area contributed by atoms with E-state index >= 15 is 0 Å². The van der Waals surface area contributed by atoms with Crippen molar-refractivity contribution in [3.63, 3.8) is 0 Å². The molecule has 0 aromatic heterocycles. The van der Waals surface area contributed by atoms with E-state index in [1.54, 1.807) is 23.7 Å². The molecule has 3 heterocycles. The lowest BCUT2D eigenvalue weighted by atomic mass is 9.66. The van der Waals surface area contributed by atoms with Crippen molar-refractivity contribution in [2.75, 3.05) is 19.0 Å². The smallest absolute Gasteiger partial charge is 0.248 e. The molecule has 7 atom stereocenters. The summed E-state index contributed by atoms with van der Waals surface area (Å²) in [6.45, 7) is 7.69. The fourth-order valence-corrected chi connectivity index (χ4v) is 8.51. The van der Waals surface area contributed by atoms with Crippen LogP contribution in [-0.2, 0) is 14.4 Å². The van der Waals surface area contributed by atoms with E-state index in [1.165, 1.54) is 0 Å². The molecule has 32 heavy (non-hydrogen) atoms. The van der Waals surface area contributed by atoms with Crippen LogP contribution in [0, 0.1) is 31.6 Å². The molecule has 3 aliphatic rings. The van der Waals surface area contributed by atoms with Crippen LogP contribution in [0.1, 0.15) is 37.8 Å². The minimum absolute atomic E-state index is 0.0197. The van der Waals surface area contributed by atoms with Crippen LogP contribution in [0.2, 0.25) is 0 Å². The zero-order valence-corrected chi connectivity index (χ0v) is 20.2. The molecule has 3 unspecified atom stereocenters. The molecular weight excluding hydrogens is 426 g/mol. The number of anilines is 1. The highest BCUT2D eigenvalue weighted by atomic mass is 32.2. The molecule has 0 aliphatic carbocycles. The maximum absolute atomic E-state index is 13.9. The second kappa shape index (κ2) is 8.37. The standard InChI is InChI=1S/C24H33N3O4S/c1-6-15(11-28)27-20(22(30)26-16-9-12(2)7-8-13(16)3)24-14(4)10-17(32-24)18(21(29)25-5)19(24)23(27)31/h7-9,14-15,17-20,28H,6,10-11H2,1-5H3,(H,25,29)(H,26,30)/t14?,15-,17+,18-,19-,20?,24?/m0/s1. The van der Waals surface area contributed by atoms with Crippen LogP contribution < -0.4 is 10.6 Å². The summed E-state index contributed by atoms with van der Waals surface area (Å²) < 4.78 is -0.677. The van der Waals surface area contributed by atoms with Crippen molar-refractivity contribution < 1.29 is 19.5 Å². The molecule has 3 N–H and O–H groups in total. The first-order valence-corrected chi connectivity index (χ1v) is 12.3. The molecule has 1 aromatic carbocycles. The van der Waals surface area contributed by atoms with Gasteiger partial charge in [-0.1, -0.05) is 26.0 Å². The molecule has 3 saturated heterocycles. The number of amides is 3. The number of carbonyl (C=O) groups is 3. The fraction of sp³-hybridized carbons (Fsp3) is 0.625. The molecular formula is C24H33N3O4S. The van der Waals surface area contributed by atoms with E-state index in [0.717, 1.165) is 23.2 Å². The van der Waals surface area contributed by atoms with E-state index in [2.05, 4.69) is 17.6 Å². The van der Waals surface area contributed by atoms with Crippen LogP contribution >= 0.6 is 11.8 Å². The van der Waals surface area contributed by atoms with Gasteiger partial charge in [0.15, 0.2) is 0 Å². The number of hydrogen-bond donors (Lipinski definition) is 3. The van der Waals surface area contributed by atoms with E-state index in [0.29, 0.717) is 6.42 Å². The summed E-state index contributed by atoms with van der Waals surface area (Å²) in [7, 11) is 1.60. The first-order chi connectivity index (χ1) is 15.2. The number of rotatable bonds is 6. The van der Waals surface area contributed by atoms with Gasteiger partial charge in [-0.25, -0.2) is 0 Å². The SMILES string of the molecule is CC[C@@H](CO)N1C(=O)[C@@H]2[C@@H](C(=O)NC)[C@H]3CC(C)C2(S3)C1C(=O)Nc1cc(C)ccc1C. The number of benzene rings is 1. The summed E-state index contributed by atoms with van der Waals surface area (Å²) in [5, 5.41) is 15.9. The Morgan fingerprint density at radius 3 is 2.66 bits per heavy atom. The van der Waals surface area contributed by atoms with Gasteiger partial charge in [0.1, 0.15) is 6.04 Å². The van der Waals surface area contributed by atoms with E-state index in [1.807, 2.05) is 39.0 Å². The summed E-state index contributed by atoms with van der Waals surface area (Å²) in [5.41, 5.74) is 2.71. The van der Waals surface area contributed by atoms with Gasteiger partial charge in [-0.3, -0.25) is 14.4 Å². The van der Waals surface area contributed by atoms with Crippen LogP contribution in [0.3, 0.4) is 0 Å². The highest BCUT2D eigenvalue weighted by Gasteiger charge is 2.76. The van der Waals surface area contributed by atoms with Gasteiger partial charge in [-0.2, -0.15) is 0 Å². The summed E-state index contributed by atoms with van der Waals surface area (Å²) in [6, 6.07) is 4.69. The Kier molecular flexibility index (Phi) is 6.05. The monoisotopic (exact) mass is 459 g/mol. The first-order valence-electron chi connectivity index (χ1n) is 11.4. The Labute approximate surface area is 193 Å². The molecule has 1 aromatic rings. The van der Waals surface area contributed by atoms with Gasteiger partial charge in [0.25, 0.3) is 0 Å². The number of thioether (sulfide) groups is 1. The van der Waals surface area contributed by atoms with Gasteiger partial charge in [0, 0.05) is 18.0 Å². The summed E-state index contributed by atoms with van der Waals surface area (Å²) in [4.78, 5) is 42.1. The molecule has 3 amide bonds. The lowest BCUT2D eigenvalue weighted by molar-refractivity contribution is -0.142. The van der Waals surface area contributed by atoms with E-state index < -0.39 is 28.7 Å². The second-order valence-electron chi connectivity index (χ2n) is 9.46. The third-order valence-electron chi connectivity index (χ3n) is 7.71. The molecule has 8 heteroatoms. The Hall–Kier alpha value is -2.06. The molecule has 0 radical (unpaired) electrons. The first kappa shape index (κ1) is 23.1. The Morgan fingerprint density at radius 1 is 1.31 bits per heavy atom. The van der Waals surface area contributed by atoms with E-state index in [-0.39, 0.29) is 35.5 Å². The number of likely N-dealkylation sites (tertiary alicyclic amines) is 1. The summed E-state index contributed by atoms with van der Waals surface area (Å²) >= 11 is 1.64. The Morgan fingerprint density at radius 2 is 2.03 bits per heavy atom. The summed E-state index contributed by atoms with van der Waals surface area (Å²) in [5.74, 6) is -1.46. The predicted octanol–water partition coefficient (Wildman–Crippen LogP) is 2.10. The predicted molar refractivity (Wildman–Crippen MR) is 125 cm³/mol. The molecule has 3 aliphatic heterocycles. The third-order valence-corrected chi connectivity index (χ3v) is 9.78. The maximum Gasteiger partial charge on any atom is 0.248 e. The van der Waals surface area contributed by atoms with Crippen LogP contribution in [0.25, 0.3) is 0 Å². The number of aliphatic hydroxyl groups excluding tert-OH is 1. The number of aryl methyl sites for hydroxylation is 2. The van der Waals surface area contributed by atoms with Crippen LogP contribution in [0.5, 0.6) is 0 Å². The van der Waals surface area contributed by atoms with Crippen molar-refractivity contribution in [2.24, 2.45) is 17.8 Å². The van der Waals surface area contributed by atoms with Gasteiger partial charge >= 0.3 is 0 Å². The quantitative estimate of drug-likeness (QED) is 0.605. The normalized spacial score (nSPS) is 33.9. The number of nitrogens with zero attached hydrogens (tertiary/aromatic N) is 1. The molecule has 7 nitrogen and oxygen atoms in total. The maximum atomic E-state index is 13.9. The minimum atomic E-state index is -0.739. The van der Waals surface area contributed by atoms with Gasteiger partial charge in [0.2, 0.25) is 17.7 Å². The van der Waals surface area contributed by atoms with Crippen molar-refractivity contribution in [3.8, 4) is 0 Å². The summed E-state index contributed by atoms with van der Waals surface area (Å²) in [6.07, 6.45) is 1.33. The van der Waals surface area contributed by atoms with Crippen molar-refractivity contribution >= 4 is 35.2 Å². The van der Waals surface area contributed by atoms with E-state index in [9.17, 15) is 19.5 Å². The average molecular weight is 460 g/mol. The van der Waals surface area contributed by atoms with Crippen molar-refractivity contribution in [3.05, 3.63) is 29.3 Å². The molecule has 3 fully saturated rings. The van der Waals surface area contributed by atoms with Crippen molar-refractivity contribution in [1.82, 2.24) is 10.2 Å². The van der Waals surface area contributed by atoms with Gasteiger partial charge in [-0.05, 0) is 49.8 Å². The third kappa shape index (κ3) is 3.17. The molecule has 0 saturated carbocycles. The van der Waals surface area contributed by atoms with Gasteiger partial charge in [0.05, 0.1) is 29.2 Å². The zero-order chi connectivity index (χ0) is 23.4. The lowest BCUT2D eigenvalue weighted by Crippen LogP contribution is -2.57. The molecule has 174 valence electrons. The minimum Gasteiger partial charge on any atom is -0.394 e. The number of carbonyl (C=O) groups excluding carboxylic acids is 3. The van der Waals surface area contributed by atoms with E-state index in [4.69, 9.17) is 0 Å². The number of aliphatic hydroxyl groups is 1. The largest absolute Gasteiger partial charge is 0.394 e. The lowest BCUT2D eigenvalue weighted by Gasteiger charge is -2.40. The number of fused-ring (bicyclic) bond motifs is 1. The zero-order valence-electron chi connectivity index (χ0n) is 19.3. The highest BCUT2D eigenvalue weighted by molar-refractivity contribution is 8.02. The molecule has 4 rings (SSSR count). The van der Waals surface area contributed by atoms with Crippen molar-refractivity contribution in [2.45, 2.75) is 62.6 Å². The second-order valence-corrected chi connectivity index (χ2v) is 11.0. The number of nitrogens with one attached hydrogen (secondary N) is 2. The van der Waals surface area contributed by atoms with Crippen LogP contribution in [0.4, 0.5) is 5.69 Å². The topological polar surface area (TPSA) is 98.7 Å². The highest BCUT2D eigenvalue weighted by Crippen LogP contribution is 2.68. The molecule has 2 bridgehead atoms. The Bertz CT molecular complexity index is 949. The van der Waals surface area contributed by atoms with Gasteiger partial charge < -0.3 is 20.6 Å². The molecule has 1 spiro atoms. The fourth-order valence-electron chi connectivity index (χ4n) is 6.10. The van der Waals surface area contributed by atoms with Crippen LogP contribution in [0.15, 0.2) is 18.2 Å². The average Bonchev–Trinajstić information content (AvgIpc) is 3.35. The van der Waals surface area contributed by atoms with Crippen LogP contribution in [-0.4, -0.2) is 63.5 Å². The van der Waals surface area contributed by atoms with Crippen molar-refractivity contribution in [1.29, 1.82) is 0 Å². The van der Waals surface area contributed by atoms with Gasteiger partial charge in [-0.15, -0.1) is 11.8 Å². The number of hydrogen-bond acceptors (Lipinski definition) is 5.